The van der Waals surface area contributed by atoms with Gasteiger partial charge in [0.2, 0.25) is 0 Å². The lowest BCUT2D eigenvalue weighted by Crippen LogP contribution is -2.41. The number of aromatic amines is 1. The van der Waals surface area contributed by atoms with Gasteiger partial charge in [0.05, 0.1) is 0 Å². The summed E-state index contributed by atoms with van der Waals surface area (Å²) >= 11 is 0. The summed E-state index contributed by atoms with van der Waals surface area (Å²) in [6.07, 6.45) is 5.45. The molecule has 4 rings (SSSR count). The standard InChI is InChI=1S/C21H23N7O2/c1-14-5-3-8-23-18(14)21(30)27-11-4-12-28(20(29)16-6-9-22-10-7-16)17(13-27)19-24-15(2)25-26-19/h3,5-10,17H,4,11-13H2,1-2H3,(H,24,25,26). The highest BCUT2D eigenvalue weighted by molar-refractivity contribution is 5.95. The molecule has 0 bridgehead atoms. The van der Waals surface area contributed by atoms with E-state index in [1.807, 2.05) is 26.0 Å². The van der Waals surface area contributed by atoms with E-state index in [2.05, 4.69) is 25.1 Å². The number of rotatable bonds is 3. The zero-order valence-corrected chi connectivity index (χ0v) is 16.9. The number of hydrogen-bond donors (Lipinski definition) is 1. The fourth-order valence-electron chi connectivity index (χ4n) is 3.66. The van der Waals surface area contributed by atoms with E-state index in [-0.39, 0.29) is 11.8 Å². The van der Waals surface area contributed by atoms with E-state index in [9.17, 15) is 9.59 Å². The van der Waals surface area contributed by atoms with Crippen molar-refractivity contribution >= 4 is 11.8 Å². The summed E-state index contributed by atoms with van der Waals surface area (Å²) in [5, 5.41) is 7.14. The summed E-state index contributed by atoms with van der Waals surface area (Å²) in [4.78, 5) is 42.7. The first-order chi connectivity index (χ1) is 14.5. The van der Waals surface area contributed by atoms with Crippen LogP contribution in [0.25, 0.3) is 0 Å². The van der Waals surface area contributed by atoms with Gasteiger partial charge in [0, 0.05) is 43.8 Å². The Morgan fingerprint density at radius 2 is 1.87 bits per heavy atom. The molecule has 154 valence electrons. The molecule has 1 aliphatic heterocycles. The van der Waals surface area contributed by atoms with Gasteiger partial charge in [0.25, 0.3) is 11.8 Å². The zero-order valence-electron chi connectivity index (χ0n) is 16.9. The quantitative estimate of drug-likeness (QED) is 0.713. The molecule has 30 heavy (non-hydrogen) atoms. The predicted molar refractivity (Wildman–Crippen MR) is 109 cm³/mol. The number of carbonyl (C=O) groups excluding carboxylic acids is 2. The molecule has 0 radical (unpaired) electrons. The molecule has 0 saturated carbocycles. The van der Waals surface area contributed by atoms with Crippen molar-refractivity contribution in [2.24, 2.45) is 0 Å². The third kappa shape index (κ3) is 3.91. The van der Waals surface area contributed by atoms with E-state index in [1.54, 1.807) is 40.5 Å². The molecule has 1 N–H and O–H groups in total. The fourth-order valence-corrected chi connectivity index (χ4v) is 3.66. The number of carbonyl (C=O) groups is 2. The molecule has 9 nitrogen and oxygen atoms in total. The largest absolute Gasteiger partial charge is 0.335 e. The van der Waals surface area contributed by atoms with Crippen LogP contribution in [0.4, 0.5) is 0 Å². The van der Waals surface area contributed by atoms with E-state index in [4.69, 9.17) is 0 Å². The second-order valence-electron chi connectivity index (χ2n) is 7.30. The number of amides is 2. The Morgan fingerprint density at radius 1 is 1.07 bits per heavy atom. The average molecular weight is 405 g/mol. The molecular weight excluding hydrogens is 382 g/mol. The monoisotopic (exact) mass is 405 g/mol. The summed E-state index contributed by atoms with van der Waals surface area (Å²) in [6.45, 7) is 4.98. The number of aryl methyl sites for hydroxylation is 2. The third-order valence-corrected chi connectivity index (χ3v) is 5.20. The van der Waals surface area contributed by atoms with Crippen LogP contribution < -0.4 is 0 Å². The van der Waals surface area contributed by atoms with Crippen LogP contribution in [0.2, 0.25) is 0 Å². The van der Waals surface area contributed by atoms with Gasteiger partial charge in [-0.15, -0.1) is 0 Å². The third-order valence-electron chi connectivity index (χ3n) is 5.20. The predicted octanol–water partition coefficient (Wildman–Crippen LogP) is 1.94. The smallest absolute Gasteiger partial charge is 0.272 e. The SMILES string of the molecule is Cc1nc(C2CN(C(=O)c3ncccc3C)CCCN2C(=O)c2ccncc2)n[nH]1. The Morgan fingerprint density at radius 3 is 2.57 bits per heavy atom. The molecule has 1 fully saturated rings. The first-order valence-corrected chi connectivity index (χ1v) is 9.85. The van der Waals surface area contributed by atoms with Gasteiger partial charge in [0.15, 0.2) is 5.82 Å². The minimum Gasteiger partial charge on any atom is -0.335 e. The zero-order chi connectivity index (χ0) is 21.1. The lowest BCUT2D eigenvalue weighted by atomic mass is 10.1. The van der Waals surface area contributed by atoms with Crippen LogP contribution in [0.1, 0.15) is 50.5 Å². The average Bonchev–Trinajstić information content (AvgIpc) is 3.07. The van der Waals surface area contributed by atoms with E-state index in [1.165, 1.54) is 0 Å². The van der Waals surface area contributed by atoms with E-state index in [0.29, 0.717) is 49.0 Å². The molecule has 0 aliphatic carbocycles. The van der Waals surface area contributed by atoms with Crippen molar-refractivity contribution in [3.05, 3.63) is 71.3 Å². The van der Waals surface area contributed by atoms with Crippen LogP contribution >= 0.6 is 0 Å². The molecule has 1 aliphatic rings. The Bertz CT molecular complexity index is 1050. The molecule has 9 heteroatoms. The number of pyridine rings is 2. The Kier molecular flexibility index (Phi) is 5.51. The maximum atomic E-state index is 13.3. The summed E-state index contributed by atoms with van der Waals surface area (Å²) in [6, 6.07) is 6.59. The maximum absolute atomic E-state index is 13.3. The Balaban J connectivity index is 1.67. The summed E-state index contributed by atoms with van der Waals surface area (Å²) < 4.78 is 0. The van der Waals surface area contributed by atoms with Crippen molar-refractivity contribution < 1.29 is 9.59 Å². The number of hydrogen-bond acceptors (Lipinski definition) is 6. The normalized spacial score (nSPS) is 16.9. The molecular formula is C21H23N7O2. The van der Waals surface area contributed by atoms with Gasteiger partial charge in [-0.1, -0.05) is 6.07 Å². The van der Waals surface area contributed by atoms with Crippen LogP contribution in [0, 0.1) is 13.8 Å². The molecule has 1 unspecified atom stereocenters. The minimum absolute atomic E-state index is 0.131. The van der Waals surface area contributed by atoms with Crippen molar-refractivity contribution in [2.75, 3.05) is 19.6 Å². The van der Waals surface area contributed by atoms with Crippen molar-refractivity contribution in [1.29, 1.82) is 0 Å². The van der Waals surface area contributed by atoms with E-state index >= 15 is 0 Å². The maximum Gasteiger partial charge on any atom is 0.272 e. The summed E-state index contributed by atoms with van der Waals surface area (Å²) in [5.41, 5.74) is 1.79. The Labute approximate surface area is 174 Å². The molecule has 1 saturated heterocycles. The molecule has 1 atom stereocenters. The second kappa shape index (κ2) is 8.40. The van der Waals surface area contributed by atoms with Crippen LogP contribution in [0.15, 0.2) is 42.9 Å². The fraction of sp³-hybridized carbons (Fsp3) is 0.333. The van der Waals surface area contributed by atoms with Crippen molar-refractivity contribution in [2.45, 2.75) is 26.3 Å². The van der Waals surface area contributed by atoms with Crippen molar-refractivity contribution in [3.8, 4) is 0 Å². The van der Waals surface area contributed by atoms with E-state index in [0.717, 1.165) is 5.56 Å². The minimum atomic E-state index is -0.467. The molecule has 0 spiro atoms. The van der Waals surface area contributed by atoms with Gasteiger partial charge in [-0.3, -0.25) is 24.7 Å². The molecule has 2 amide bonds. The molecule has 0 aromatic carbocycles. The lowest BCUT2D eigenvalue weighted by Gasteiger charge is -2.30. The molecule has 4 heterocycles. The van der Waals surface area contributed by atoms with Gasteiger partial charge >= 0.3 is 0 Å². The first kappa shape index (κ1) is 19.7. The van der Waals surface area contributed by atoms with Crippen LogP contribution in [-0.2, 0) is 0 Å². The van der Waals surface area contributed by atoms with Gasteiger partial charge in [-0.25, -0.2) is 4.98 Å². The van der Waals surface area contributed by atoms with Gasteiger partial charge < -0.3 is 9.80 Å². The van der Waals surface area contributed by atoms with Crippen LogP contribution in [-0.4, -0.2) is 66.4 Å². The highest BCUT2D eigenvalue weighted by Crippen LogP contribution is 2.26. The molecule has 3 aromatic heterocycles. The van der Waals surface area contributed by atoms with Gasteiger partial charge in [-0.2, -0.15) is 5.10 Å². The van der Waals surface area contributed by atoms with Gasteiger partial charge in [0.1, 0.15) is 17.6 Å². The highest BCUT2D eigenvalue weighted by Gasteiger charge is 2.35. The highest BCUT2D eigenvalue weighted by atomic mass is 16.2. The number of nitrogens with one attached hydrogen (secondary N) is 1. The summed E-state index contributed by atoms with van der Waals surface area (Å²) in [7, 11) is 0. The number of aromatic nitrogens is 5. The molecule has 3 aromatic rings. The van der Waals surface area contributed by atoms with Crippen molar-refractivity contribution in [1.82, 2.24) is 34.9 Å². The first-order valence-electron chi connectivity index (χ1n) is 9.85. The second-order valence-corrected chi connectivity index (χ2v) is 7.30. The van der Waals surface area contributed by atoms with Crippen LogP contribution in [0.5, 0.6) is 0 Å². The summed E-state index contributed by atoms with van der Waals surface area (Å²) in [5.74, 6) is 0.869. The topological polar surface area (TPSA) is 108 Å². The van der Waals surface area contributed by atoms with E-state index < -0.39 is 6.04 Å². The van der Waals surface area contributed by atoms with Crippen LogP contribution in [0.3, 0.4) is 0 Å². The van der Waals surface area contributed by atoms with Gasteiger partial charge in [-0.05, 0) is 44.0 Å². The number of H-pyrrole nitrogens is 1. The van der Waals surface area contributed by atoms with Crippen molar-refractivity contribution in [3.63, 3.8) is 0 Å². The number of nitrogens with zero attached hydrogens (tertiary/aromatic N) is 6. The lowest BCUT2D eigenvalue weighted by molar-refractivity contribution is 0.0620. The Hall–Kier alpha value is -3.62.